The Balaban J connectivity index is 1.86. The molecule has 5 heteroatoms. The van der Waals surface area contributed by atoms with E-state index in [4.69, 9.17) is 4.74 Å². The first-order chi connectivity index (χ1) is 9.28. The van der Waals surface area contributed by atoms with Crippen molar-refractivity contribution in [2.24, 2.45) is 0 Å². The summed E-state index contributed by atoms with van der Waals surface area (Å²) < 4.78 is 5.29. The van der Waals surface area contributed by atoms with Gasteiger partial charge in [0.15, 0.2) is 0 Å². The van der Waals surface area contributed by atoms with Crippen molar-refractivity contribution in [2.45, 2.75) is 12.5 Å². The molecule has 0 unspecified atom stereocenters. The number of hydrogen-bond donors (Lipinski definition) is 3. The van der Waals surface area contributed by atoms with Crippen LogP contribution in [0.25, 0.3) is 10.9 Å². The summed E-state index contributed by atoms with van der Waals surface area (Å²) in [6.07, 6.45) is 0.981. The molecule has 1 amide bonds. The van der Waals surface area contributed by atoms with Crippen molar-refractivity contribution in [3.8, 4) is 5.75 Å². The van der Waals surface area contributed by atoms with Crippen molar-refractivity contribution < 1.29 is 9.53 Å². The van der Waals surface area contributed by atoms with E-state index in [0.29, 0.717) is 5.69 Å². The number of H-pyrrole nitrogens is 1. The van der Waals surface area contributed by atoms with Crippen LogP contribution in [0.15, 0.2) is 24.3 Å². The van der Waals surface area contributed by atoms with Crippen molar-refractivity contribution in [3.05, 3.63) is 30.0 Å². The molecule has 1 aliphatic heterocycles. The molecule has 0 spiro atoms. The van der Waals surface area contributed by atoms with Crippen molar-refractivity contribution in [2.75, 3.05) is 20.2 Å². The largest absolute Gasteiger partial charge is 0.496 e. The van der Waals surface area contributed by atoms with Crippen LogP contribution in [-0.4, -0.2) is 37.1 Å². The molecule has 0 bridgehead atoms. The molecular formula is C14H17N3O2. The molecular weight excluding hydrogens is 242 g/mol. The number of nitrogens with one attached hydrogen (secondary N) is 3. The Bertz CT molecular complexity index is 600. The predicted molar refractivity (Wildman–Crippen MR) is 73.6 cm³/mol. The minimum atomic E-state index is -0.0630. The van der Waals surface area contributed by atoms with Gasteiger partial charge in [0.05, 0.1) is 7.11 Å². The monoisotopic (exact) mass is 259 g/mol. The summed E-state index contributed by atoms with van der Waals surface area (Å²) in [5, 5.41) is 7.18. The van der Waals surface area contributed by atoms with E-state index in [1.54, 1.807) is 7.11 Å². The minimum absolute atomic E-state index is 0.0630. The molecule has 3 rings (SSSR count). The fourth-order valence-corrected chi connectivity index (χ4v) is 2.47. The van der Waals surface area contributed by atoms with E-state index < -0.39 is 0 Å². The first-order valence-electron chi connectivity index (χ1n) is 6.45. The number of carbonyl (C=O) groups excluding carboxylic acids is 1. The van der Waals surface area contributed by atoms with E-state index in [-0.39, 0.29) is 11.9 Å². The lowest BCUT2D eigenvalue weighted by atomic mass is 10.2. The Morgan fingerprint density at radius 2 is 2.37 bits per heavy atom. The lowest BCUT2D eigenvalue weighted by Gasteiger charge is -2.09. The summed E-state index contributed by atoms with van der Waals surface area (Å²) in [7, 11) is 1.63. The molecule has 0 radical (unpaired) electrons. The number of fused-ring (bicyclic) bond motifs is 1. The highest BCUT2D eigenvalue weighted by molar-refractivity contribution is 5.99. The molecule has 1 aliphatic rings. The Labute approximate surface area is 111 Å². The summed E-state index contributed by atoms with van der Waals surface area (Å²) in [6, 6.07) is 7.79. The van der Waals surface area contributed by atoms with Gasteiger partial charge in [-0.05, 0) is 31.2 Å². The SMILES string of the molecule is COc1cccc2[nH]c(C(=O)N[C@@H]3CCNC3)cc12. The average molecular weight is 259 g/mol. The van der Waals surface area contributed by atoms with E-state index in [9.17, 15) is 4.79 Å². The van der Waals surface area contributed by atoms with Gasteiger partial charge in [-0.3, -0.25) is 4.79 Å². The van der Waals surface area contributed by atoms with Gasteiger partial charge in [-0.2, -0.15) is 0 Å². The van der Waals surface area contributed by atoms with Gasteiger partial charge in [0.2, 0.25) is 0 Å². The Hall–Kier alpha value is -2.01. The lowest BCUT2D eigenvalue weighted by molar-refractivity contribution is 0.0936. The first-order valence-corrected chi connectivity index (χ1v) is 6.45. The fraction of sp³-hybridized carbons (Fsp3) is 0.357. The van der Waals surface area contributed by atoms with Gasteiger partial charge >= 0.3 is 0 Å². The van der Waals surface area contributed by atoms with Gasteiger partial charge in [-0.25, -0.2) is 0 Å². The second-order valence-corrected chi connectivity index (χ2v) is 4.77. The summed E-state index contributed by atoms with van der Waals surface area (Å²) in [4.78, 5) is 15.3. The molecule has 100 valence electrons. The number of methoxy groups -OCH3 is 1. The van der Waals surface area contributed by atoms with Crippen molar-refractivity contribution in [1.82, 2.24) is 15.6 Å². The summed E-state index contributed by atoms with van der Waals surface area (Å²) in [5.41, 5.74) is 1.49. The van der Waals surface area contributed by atoms with Gasteiger partial charge in [0.25, 0.3) is 5.91 Å². The number of hydrogen-bond acceptors (Lipinski definition) is 3. The van der Waals surface area contributed by atoms with Crippen LogP contribution >= 0.6 is 0 Å². The molecule has 0 aliphatic carbocycles. The highest BCUT2D eigenvalue weighted by Gasteiger charge is 2.19. The number of carbonyl (C=O) groups is 1. The number of benzene rings is 1. The van der Waals surface area contributed by atoms with Gasteiger partial charge in [-0.15, -0.1) is 0 Å². The Morgan fingerprint density at radius 1 is 1.47 bits per heavy atom. The summed E-state index contributed by atoms with van der Waals surface area (Å²) in [6.45, 7) is 1.81. The molecule has 3 N–H and O–H groups in total. The van der Waals surface area contributed by atoms with E-state index in [2.05, 4.69) is 15.6 Å². The zero-order valence-electron chi connectivity index (χ0n) is 10.8. The van der Waals surface area contributed by atoms with Crippen LogP contribution < -0.4 is 15.4 Å². The Morgan fingerprint density at radius 3 is 3.11 bits per heavy atom. The number of aromatic amines is 1. The second-order valence-electron chi connectivity index (χ2n) is 4.77. The third-order valence-corrected chi connectivity index (χ3v) is 3.48. The molecule has 2 heterocycles. The highest BCUT2D eigenvalue weighted by Crippen LogP contribution is 2.25. The third kappa shape index (κ3) is 2.29. The van der Waals surface area contributed by atoms with Crippen LogP contribution in [0, 0.1) is 0 Å². The van der Waals surface area contributed by atoms with Crippen molar-refractivity contribution in [3.63, 3.8) is 0 Å². The van der Waals surface area contributed by atoms with Crippen LogP contribution in [-0.2, 0) is 0 Å². The lowest BCUT2D eigenvalue weighted by Crippen LogP contribution is -2.36. The smallest absolute Gasteiger partial charge is 0.267 e. The number of rotatable bonds is 3. The molecule has 5 nitrogen and oxygen atoms in total. The molecule has 1 aromatic heterocycles. The zero-order chi connectivity index (χ0) is 13.2. The maximum absolute atomic E-state index is 12.2. The van der Waals surface area contributed by atoms with Crippen LogP contribution in [0.3, 0.4) is 0 Å². The molecule has 1 fully saturated rings. The standard InChI is InChI=1S/C14H17N3O2/c1-19-13-4-2-3-11-10(13)7-12(17-11)14(18)16-9-5-6-15-8-9/h2-4,7,9,15,17H,5-6,8H2,1H3,(H,16,18)/t9-/m1/s1. The highest BCUT2D eigenvalue weighted by atomic mass is 16.5. The average Bonchev–Trinajstić information content (AvgIpc) is 3.06. The number of aromatic nitrogens is 1. The minimum Gasteiger partial charge on any atom is -0.496 e. The van der Waals surface area contributed by atoms with Crippen molar-refractivity contribution in [1.29, 1.82) is 0 Å². The molecule has 2 aromatic rings. The quantitative estimate of drug-likeness (QED) is 0.777. The third-order valence-electron chi connectivity index (χ3n) is 3.48. The topological polar surface area (TPSA) is 66.2 Å². The van der Waals surface area contributed by atoms with Crippen LogP contribution in [0.2, 0.25) is 0 Å². The normalized spacial score (nSPS) is 18.7. The van der Waals surface area contributed by atoms with E-state index in [1.165, 1.54) is 0 Å². The maximum Gasteiger partial charge on any atom is 0.267 e. The van der Waals surface area contributed by atoms with Crippen LogP contribution in [0.4, 0.5) is 0 Å². The first kappa shape index (κ1) is 12.0. The van der Waals surface area contributed by atoms with Gasteiger partial charge in [0, 0.05) is 23.5 Å². The number of amides is 1. The maximum atomic E-state index is 12.2. The molecule has 19 heavy (non-hydrogen) atoms. The van der Waals surface area contributed by atoms with Gasteiger partial charge < -0.3 is 20.4 Å². The van der Waals surface area contributed by atoms with E-state index >= 15 is 0 Å². The Kier molecular flexibility index (Phi) is 3.13. The molecule has 1 atom stereocenters. The molecule has 1 saturated heterocycles. The zero-order valence-corrected chi connectivity index (χ0v) is 10.8. The number of ether oxygens (including phenoxy) is 1. The predicted octanol–water partition coefficient (Wildman–Crippen LogP) is 1.27. The fourth-order valence-electron chi connectivity index (χ4n) is 2.47. The summed E-state index contributed by atoms with van der Waals surface area (Å²) >= 11 is 0. The van der Waals surface area contributed by atoms with Crippen LogP contribution in [0.1, 0.15) is 16.9 Å². The van der Waals surface area contributed by atoms with Crippen LogP contribution in [0.5, 0.6) is 5.75 Å². The van der Waals surface area contributed by atoms with E-state index in [0.717, 1.165) is 36.2 Å². The van der Waals surface area contributed by atoms with Gasteiger partial charge in [0.1, 0.15) is 11.4 Å². The molecule has 1 aromatic carbocycles. The molecule has 0 saturated carbocycles. The summed E-state index contributed by atoms with van der Waals surface area (Å²) in [5.74, 6) is 0.710. The van der Waals surface area contributed by atoms with Crippen molar-refractivity contribution >= 4 is 16.8 Å². The second kappa shape index (κ2) is 4.93. The van der Waals surface area contributed by atoms with E-state index in [1.807, 2.05) is 24.3 Å². The van der Waals surface area contributed by atoms with Gasteiger partial charge in [-0.1, -0.05) is 6.07 Å².